The third kappa shape index (κ3) is 9.94. The summed E-state index contributed by atoms with van der Waals surface area (Å²) < 4.78 is 33.2. The van der Waals surface area contributed by atoms with Gasteiger partial charge in [-0.2, -0.15) is 0 Å². The molecule has 2 amide bonds. The van der Waals surface area contributed by atoms with E-state index in [0.29, 0.717) is 24.6 Å². The van der Waals surface area contributed by atoms with Crippen molar-refractivity contribution in [3.63, 3.8) is 0 Å². The normalized spacial score (nSPS) is 11.8. The fraction of sp³-hybridized carbons (Fsp3) is 0.297. The van der Waals surface area contributed by atoms with Crippen LogP contribution in [0.15, 0.2) is 109 Å². The fourth-order valence-electron chi connectivity index (χ4n) is 5.09. The maximum Gasteiger partial charge on any atom is 0.244 e. The number of nitrogens with one attached hydrogen (secondary N) is 1. The third-order valence-corrected chi connectivity index (χ3v) is 8.90. The van der Waals surface area contributed by atoms with Crippen LogP contribution in [0.3, 0.4) is 0 Å². The standard InChI is InChI=1S/C37H43N3O5S/c1-4-5-24-38-37(42)35(25-30-15-8-6-9-16-30)39(26-32-19-13-12-14-29(32)2)36(41)27-40(46(3,43)44)33-20-22-34(23-21-33)45-28-31-17-10-7-11-18-31/h6-23,35H,4-5,24-28H2,1-3H3,(H,38,42)/t35-/m0/s1. The molecule has 0 fully saturated rings. The number of amides is 2. The van der Waals surface area contributed by atoms with Gasteiger partial charge in [0.05, 0.1) is 11.9 Å². The molecule has 0 radical (unpaired) electrons. The Kier molecular flexibility index (Phi) is 12.4. The number of anilines is 1. The number of hydrogen-bond donors (Lipinski definition) is 1. The van der Waals surface area contributed by atoms with E-state index in [-0.39, 0.29) is 18.9 Å². The monoisotopic (exact) mass is 641 g/mol. The highest BCUT2D eigenvalue weighted by atomic mass is 32.2. The summed E-state index contributed by atoms with van der Waals surface area (Å²) in [6.45, 7) is 4.53. The topological polar surface area (TPSA) is 96.0 Å². The van der Waals surface area contributed by atoms with Crippen LogP contribution in [-0.2, 0) is 39.2 Å². The van der Waals surface area contributed by atoms with Gasteiger partial charge in [-0.25, -0.2) is 8.42 Å². The van der Waals surface area contributed by atoms with Gasteiger partial charge in [-0.3, -0.25) is 13.9 Å². The Hall–Kier alpha value is -4.63. The molecular formula is C37H43N3O5S. The van der Waals surface area contributed by atoms with Crippen LogP contribution in [-0.4, -0.2) is 50.5 Å². The highest BCUT2D eigenvalue weighted by molar-refractivity contribution is 7.92. The molecule has 46 heavy (non-hydrogen) atoms. The van der Waals surface area contributed by atoms with Gasteiger partial charge in [0, 0.05) is 19.5 Å². The first-order valence-electron chi connectivity index (χ1n) is 15.6. The summed E-state index contributed by atoms with van der Waals surface area (Å²) in [4.78, 5) is 29.6. The van der Waals surface area contributed by atoms with Gasteiger partial charge < -0.3 is 15.0 Å². The summed E-state index contributed by atoms with van der Waals surface area (Å²) >= 11 is 0. The van der Waals surface area contributed by atoms with Crippen molar-refractivity contribution in [1.29, 1.82) is 0 Å². The van der Waals surface area contributed by atoms with Gasteiger partial charge in [-0.1, -0.05) is 98.3 Å². The number of benzene rings is 4. The average Bonchev–Trinajstić information content (AvgIpc) is 3.06. The zero-order chi connectivity index (χ0) is 32.9. The Balaban J connectivity index is 1.64. The number of aryl methyl sites for hydroxylation is 1. The molecule has 0 spiro atoms. The predicted molar refractivity (Wildman–Crippen MR) is 183 cm³/mol. The van der Waals surface area contributed by atoms with E-state index in [9.17, 15) is 18.0 Å². The van der Waals surface area contributed by atoms with Gasteiger partial charge in [-0.05, 0) is 59.9 Å². The van der Waals surface area contributed by atoms with E-state index in [1.165, 1.54) is 4.90 Å². The lowest BCUT2D eigenvalue weighted by Gasteiger charge is -2.34. The van der Waals surface area contributed by atoms with Crippen molar-refractivity contribution < 1.29 is 22.7 Å². The Morgan fingerprint density at radius 2 is 1.43 bits per heavy atom. The number of carbonyl (C=O) groups is 2. The SMILES string of the molecule is CCCCNC(=O)[C@H](Cc1ccccc1)N(Cc1ccccc1C)C(=O)CN(c1ccc(OCc2ccccc2)cc1)S(C)(=O)=O. The number of ether oxygens (including phenoxy) is 1. The van der Waals surface area contributed by atoms with Crippen LogP contribution in [0.25, 0.3) is 0 Å². The first-order valence-corrected chi connectivity index (χ1v) is 17.4. The van der Waals surface area contributed by atoms with Gasteiger partial charge in [-0.15, -0.1) is 0 Å². The summed E-state index contributed by atoms with van der Waals surface area (Å²) in [7, 11) is -3.87. The van der Waals surface area contributed by atoms with Crippen molar-refractivity contribution in [3.05, 3.63) is 131 Å². The minimum Gasteiger partial charge on any atom is -0.489 e. The molecule has 0 saturated carbocycles. The van der Waals surface area contributed by atoms with E-state index in [2.05, 4.69) is 5.32 Å². The summed E-state index contributed by atoms with van der Waals surface area (Å²) in [6.07, 6.45) is 3.07. The smallest absolute Gasteiger partial charge is 0.244 e. The maximum absolute atomic E-state index is 14.3. The Bertz CT molecular complexity index is 1660. The lowest BCUT2D eigenvalue weighted by atomic mass is 10.0. The molecule has 0 bridgehead atoms. The van der Waals surface area contributed by atoms with Gasteiger partial charge in [0.25, 0.3) is 0 Å². The van der Waals surface area contributed by atoms with Gasteiger partial charge >= 0.3 is 0 Å². The van der Waals surface area contributed by atoms with Crippen molar-refractivity contribution >= 4 is 27.5 Å². The number of carbonyl (C=O) groups excluding carboxylic acids is 2. The molecule has 9 heteroatoms. The number of hydrogen-bond acceptors (Lipinski definition) is 5. The van der Waals surface area contributed by atoms with Crippen molar-refractivity contribution in [2.45, 2.75) is 52.3 Å². The maximum atomic E-state index is 14.3. The molecule has 0 saturated heterocycles. The predicted octanol–water partition coefficient (Wildman–Crippen LogP) is 5.90. The molecule has 0 aromatic heterocycles. The van der Waals surface area contributed by atoms with E-state index in [1.54, 1.807) is 24.3 Å². The zero-order valence-corrected chi connectivity index (χ0v) is 27.6. The molecule has 0 unspecified atom stereocenters. The number of rotatable bonds is 16. The number of unbranched alkanes of at least 4 members (excludes halogenated alkanes) is 1. The van der Waals surface area contributed by atoms with E-state index < -0.39 is 28.5 Å². The second kappa shape index (κ2) is 16.6. The van der Waals surface area contributed by atoms with Crippen LogP contribution in [0, 0.1) is 6.92 Å². The molecule has 0 aliphatic heterocycles. The Labute approximate surface area is 273 Å². The molecule has 4 aromatic carbocycles. The molecule has 8 nitrogen and oxygen atoms in total. The van der Waals surface area contributed by atoms with Crippen LogP contribution in [0.2, 0.25) is 0 Å². The number of sulfonamides is 1. The molecule has 0 heterocycles. The van der Waals surface area contributed by atoms with Crippen molar-refractivity contribution in [2.24, 2.45) is 0 Å². The molecule has 4 rings (SSSR count). The van der Waals surface area contributed by atoms with Crippen LogP contribution in [0.4, 0.5) is 5.69 Å². The van der Waals surface area contributed by atoms with Crippen molar-refractivity contribution in [3.8, 4) is 5.75 Å². The molecule has 242 valence electrons. The molecular weight excluding hydrogens is 598 g/mol. The van der Waals surface area contributed by atoms with Crippen LogP contribution in [0.1, 0.15) is 42.0 Å². The highest BCUT2D eigenvalue weighted by Crippen LogP contribution is 2.24. The zero-order valence-electron chi connectivity index (χ0n) is 26.8. The van der Waals surface area contributed by atoms with Crippen LogP contribution in [0.5, 0.6) is 5.75 Å². The summed E-state index contributed by atoms with van der Waals surface area (Å²) in [5.41, 5.74) is 4.07. The second-order valence-electron chi connectivity index (χ2n) is 11.3. The van der Waals surface area contributed by atoms with Crippen molar-refractivity contribution in [2.75, 3.05) is 23.7 Å². The Morgan fingerprint density at radius 1 is 0.826 bits per heavy atom. The average molecular weight is 642 g/mol. The molecule has 1 N–H and O–H groups in total. The fourth-order valence-corrected chi connectivity index (χ4v) is 5.94. The molecule has 0 aliphatic carbocycles. The van der Waals surface area contributed by atoms with E-state index in [4.69, 9.17) is 4.74 Å². The number of nitrogens with zero attached hydrogens (tertiary/aromatic N) is 2. The first-order chi connectivity index (χ1) is 22.2. The first kappa shape index (κ1) is 34.2. The third-order valence-electron chi connectivity index (χ3n) is 7.75. The van der Waals surface area contributed by atoms with Crippen molar-refractivity contribution in [1.82, 2.24) is 10.2 Å². The highest BCUT2D eigenvalue weighted by Gasteiger charge is 2.33. The van der Waals surface area contributed by atoms with E-state index >= 15 is 0 Å². The lowest BCUT2D eigenvalue weighted by Crippen LogP contribution is -2.53. The minimum atomic E-state index is -3.87. The van der Waals surface area contributed by atoms with Gasteiger partial charge in [0.1, 0.15) is 24.9 Å². The van der Waals surface area contributed by atoms with E-state index in [0.717, 1.165) is 45.7 Å². The Morgan fingerprint density at radius 3 is 2.04 bits per heavy atom. The van der Waals surface area contributed by atoms with Gasteiger partial charge in [0.2, 0.25) is 21.8 Å². The van der Waals surface area contributed by atoms with Gasteiger partial charge in [0.15, 0.2) is 0 Å². The molecule has 4 aromatic rings. The molecule has 0 aliphatic rings. The van der Waals surface area contributed by atoms with Crippen LogP contribution < -0.4 is 14.4 Å². The second-order valence-corrected chi connectivity index (χ2v) is 13.2. The van der Waals surface area contributed by atoms with E-state index in [1.807, 2.05) is 98.8 Å². The minimum absolute atomic E-state index is 0.147. The lowest BCUT2D eigenvalue weighted by molar-refractivity contribution is -0.140. The summed E-state index contributed by atoms with van der Waals surface area (Å²) in [5.74, 6) is -0.185. The molecule has 1 atom stereocenters. The summed E-state index contributed by atoms with van der Waals surface area (Å²) in [5, 5.41) is 3.01. The summed E-state index contributed by atoms with van der Waals surface area (Å²) in [6, 6.07) is 32.7. The quantitative estimate of drug-likeness (QED) is 0.154. The largest absolute Gasteiger partial charge is 0.489 e. The van der Waals surface area contributed by atoms with Crippen LogP contribution >= 0.6 is 0 Å².